The van der Waals surface area contributed by atoms with Gasteiger partial charge >= 0.3 is 6.09 Å². The van der Waals surface area contributed by atoms with Crippen LogP contribution in [0, 0.1) is 0 Å². The Hall–Kier alpha value is -2.77. The number of carbonyl (C=O) groups excluding carboxylic acids is 1. The van der Waals surface area contributed by atoms with Crippen LogP contribution in [0.2, 0.25) is 0 Å². The summed E-state index contributed by atoms with van der Waals surface area (Å²) in [5.74, 6) is -0.0813. The molecular formula is C18H21NO6. The Balaban J connectivity index is 1.85. The minimum Gasteiger partial charge on any atom is -0.504 e. The number of carbonyl (C=O) groups is 1. The van der Waals surface area contributed by atoms with E-state index in [1.54, 1.807) is 6.07 Å². The van der Waals surface area contributed by atoms with Crippen molar-refractivity contribution in [3.05, 3.63) is 59.7 Å². The summed E-state index contributed by atoms with van der Waals surface area (Å²) < 4.78 is 9.97. The third-order valence-electron chi connectivity index (χ3n) is 3.60. The first-order chi connectivity index (χ1) is 12.0. The number of para-hydroxylation sites is 1. The third-order valence-corrected chi connectivity index (χ3v) is 3.60. The van der Waals surface area contributed by atoms with Crippen molar-refractivity contribution in [2.24, 2.45) is 0 Å². The SMILES string of the molecule is COc1cccc(C(O)C(O)CNC(=O)OCc2ccccc2)c1O. The van der Waals surface area contributed by atoms with E-state index in [9.17, 15) is 20.1 Å². The maximum absolute atomic E-state index is 11.7. The summed E-state index contributed by atoms with van der Waals surface area (Å²) in [5, 5.41) is 32.5. The monoisotopic (exact) mass is 347 g/mol. The fourth-order valence-electron chi connectivity index (χ4n) is 2.22. The van der Waals surface area contributed by atoms with Gasteiger partial charge in [0.25, 0.3) is 0 Å². The zero-order valence-electron chi connectivity index (χ0n) is 13.8. The van der Waals surface area contributed by atoms with Crippen LogP contribution in [0.15, 0.2) is 48.5 Å². The zero-order chi connectivity index (χ0) is 18.2. The predicted molar refractivity (Wildman–Crippen MR) is 90.3 cm³/mol. The lowest BCUT2D eigenvalue weighted by Crippen LogP contribution is -2.35. The van der Waals surface area contributed by atoms with Crippen molar-refractivity contribution in [2.75, 3.05) is 13.7 Å². The molecule has 2 aromatic carbocycles. The predicted octanol–water partition coefficient (Wildman–Crippen LogP) is 1.72. The van der Waals surface area contributed by atoms with Gasteiger partial charge in [-0.25, -0.2) is 4.79 Å². The van der Waals surface area contributed by atoms with Gasteiger partial charge in [-0.05, 0) is 11.6 Å². The molecule has 0 aliphatic carbocycles. The van der Waals surface area contributed by atoms with Crippen LogP contribution in [0.5, 0.6) is 11.5 Å². The van der Waals surface area contributed by atoms with E-state index in [0.29, 0.717) is 0 Å². The third kappa shape index (κ3) is 5.10. The summed E-state index contributed by atoms with van der Waals surface area (Å²) in [6.07, 6.45) is -3.45. The molecule has 2 unspecified atom stereocenters. The molecule has 0 spiro atoms. The molecule has 2 aromatic rings. The standard InChI is InChI=1S/C18H21NO6/c1-24-15-9-5-8-13(17(15)22)16(21)14(20)10-19-18(23)25-11-12-6-3-2-4-7-12/h2-9,14,16,20-22H,10-11H2,1H3,(H,19,23). The lowest BCUT2D eigenvalue weighted by Gasteiger charge is -2.20. The molecule has 0 saturated carbocycles. The van der Waals surface area contributed by atoms with Gasteiger partial charge in [-0.15, -0.1) is 0 Å². The number of alkyl carbamates (subject to hydrolysis) is 1. The zero-order valence-corrected chi connectivity index (χ0v) is 13.8. The fraction of sp³-hybridized carbons (Fsp3) is 0.278. The molecule has 0 aliphatic heterocycles. The molecule has 2 rings (SSSR count). The first kappa shape index (κ1) is 18.6. The van der Waals surface area contributed by atoms with Gasteiger partial charge in [0, 0.05) is 12.1 Å². The highest BCUT2D eigenvalue weighted by Crippen LogP contribution is 2.34. The summed E-state index contributed by atoms with van der Waals surface area (Å²) in [6.45, 7) is -0.145. The molecule has 25 heavy (non-hydrogen) atoms. The van der Waals surface area contributed by atoms with Crippen molar-refractivity contribution in [1.29, 1.82) is 0 Å². The van der Waals surface area contributed by atoms with Crippen LogP contribution >= 0.6 is 0 Å². The number of ether oxygens (including phenoxy) is 2. The average molecular weight is 347 g/mol. The molecule has 0 heterocycles. The summed E-state index contributed by atoms with van der Waals surface area (Å²) in [7, 11) is 1.38. The topological polar surface area (TPSA) is 108 Å². The number of methoxy groups -OCH3 is 1. The molecule has 1 amide bonds. The van der Waals surface area contributed by atoms with Gasteiger partial charge in [-0.3, -0.25) is 0 Å². The van der Waals surface area contributed by atoms with Crippen LogP contribution in [0.4, 0.5) is 4.79 Å². The van der Waals surface area contributed by atoms with Gasteiger partial charge in [0.15, 0.2) is 11.5 Å². The molecule has 134 valence electrons. The molecule has 0 fully saturated rings. The number of amides is 1. The molecular weight excluding hydrogens is 326 g/mol. The number of hydrogen-bond acceptors (Lipinski definition) is 6. The molecule has 0 radical (unpaired) electrons. The van der Waals surface area contributed by atoms with E-state index in [2.05, 4.69) is 5.32 Å². The van der Waals surface area contributed by atoms with Gasteiger partial charge in [0.05, 0.1) is 7.11 Å². The molecule has 0 saturated heterocycles. The molecule has 7 heteroatoms. The number of aliphatic hydroxyl groups is 2. The van der Waals surface area contributed by atoms with Gasteiger partial charge < -0.3 is 30.1 Å². The van der Waals surface area contributed by atoms with Crippen molar-refractivity contribution in [3.8, 4) is 11.5 Å². The molecule has 0 bridgehead atoms. The van der Waals surface area contributed by atoms with Crippen LogP contribution in [0.1, 0.15) is 17.2 Å². The van der Waals surface area contributed by atoms with Crippen LogP contribution < -0.4 is 10.1 Å². The smallest absolute Gasteiger partial charge is 0.407 e. The molecule has 0 aromatic heterocycles. The van der Waals surface area contributed by atoms with Crippen LogP contribution in [0.25, 0.3) is 0 Å². The molecule has 4 N–H and O–H groups in total. The summed E-state index contributed by atoms with van der Waals surface area (Å²) in [4.78, 5) is 11.7. The van der Waals surface area contributed by atoms with Crippen molar-refractivity contribution < 1.29 is 29.6 Å². The summed E-state index contributed by atoms with van der Waals surface area (Å²) in [6, 6.07) is 13.7. The maximum atomic E-state index is 11.7. The van der Waals surface area contributed by atoms with Gasteiger partial charge in [-0.2, -0.15) is 0 Å². The Morgan fingerprint density at radius 1 is 1.12 bits per heavy atom. The Bertz CT molecular complexity index is 691. The number of benzene rings is 2. The lowest BCUT2D eigenvalue weighted by molar-refractivity contribution is 0.0169. The number of aliphatic hydroxyl groups excluding tert-OH is 2. The van der Waals surface area contributed by atoms with Crippen LogP contribution in [-0.4, -0.2) is 41.2 Å². The highest BCUT2D eigenvalue weighted by Gasteiger charge is 2.23. The van der Waals surface area contributed by atoms with Gasteiger partial charge in [0.2, 0.25) is 0 Å². The Labute approximate surface area is 145 Å². The fourth-order valence-corrected chi connectivity index (χ4v) is 2.22. The highest BCUT2D eigenvalue weighted by molar-refractivity contribution is 5.67. The van der Waals surface area contributed by atoms with Crippen molar-refractivity contribution in [1.82, 2.24) is 5.32 Å². The summed E-state index contributed by atoms with van der Waals surface area (Å²) in [5.41, 5.74) is 0.936. The number of aromatic hydroxyl groups is 1. The van der Waals surface area contributed by atoms with Crippen molar-refractivity contribution in [2.45, 2.75) is 18.8 Å². The van der Waals surface area contributed by atoms with E-state index in [4.69, 9.17) is 9.47 Å². The minimum atomic E-state index is -1.40. The van der Waals surface area contributed by atoms with E-state index in [1.165, 1.54) is 19.2 Å². The van der Waals surface area contributed by atoms with E-state index < -0.39 is 18.3 Å². The van der Waals surface area contributed by atoms with Crippen molar-refractivity contribution in [3.63, 3.8) is 0 Å². The molecule has 2 atom stereocenters. The average Bonchev–Trinajstić information content (AvgIpc) is 2.65. The Morgan fingerprint density at radius 2 is 1.84 bits per heavy atom. The Morgan fingerprint density at radius 3 is 2.52 bits per heavy atom. The first-order valence-corrected chi connectivity index (χ1v) is 7.69. The van der Waals surface area contributed by atoms with E-state index in [1.807, 2.05) is 30.3 Å². The maximum Gasteiger partial charge on any atom is 0.407 e. The van der Waals surface area contributed by atoms with E-state index in [-0.39, 0.29) is 30.2 Å². The van der Waals surface area contributed by atoms with Crippen LogP contribution in [0.3, 0.4) is 0 Å². The molecule has 0 aliphatic rings. The van der Waals surface area contributed by atoms with Crippen molar-refractivity contribution >= 4 is 6.09 Å². The second-order valence-corrected chi connectivity index (χ2v) is 5.35. The number of hydrogen-bond donors (Lipinski definition) is 4. The van der Waals surface area contributed by atoms with E-state index in [0.717, 1.165) is 5.56 Å². The minimum absolute atomic E-state index is 0.0992. The van der Waals surface area contributed by atoms with Crippen LogP contribution in [-0.2, 0) is 11.3 Å². The lowest BCUT2D eigenvalue weighted by atomic mass is 10.0. The number of phenolic OH excluding ortho intramolecular Hbond substituents is 1. The normalized spacial score (nSPS) is 12.9. The first-order valence-electron chi connectivity index (χ1n) is 7.69. The second-order valence-electron chi connectivity index (χ2n) is 5.35. The van der Waals surface area contributed by atoms with Gasteiger partial charge in [0.1, 0.15) is 18.8 Å². The highest BCUT2D eigenvalue weighted by atomic mass is 16.5. The largest absolute Gasteiger partial charge is 0.504 e. The number of nitrogens with one attached hydrogen (secondary N) is 1. The number of rotatable bonds is 7. The Kier molecular flexibility index (Phi) is 6.62. The molecule has 7 nitrogen and oxygen atoms in total. The number of phenols is 1. The quantitative estimate of drug-likeness (QED) is 0.607. The van der Waals surface area contributed by atoms with Gasteiger partial charge in [-0.1, -0.05) is 42.5 Å². The second kappa shape index (κ2) is 8.91. The van der Waals surface area contributed by atoms with E-state index >= 15 is 0 Å². The summed E-state index contributed by atoms with van der Waals surface area (Å²) >= 11 is 0.